The van der Waals surface area contributed by atoms with Crippen LogP contribution in [0.3, 0.4) is 0 Å². The first kappa shape index (κ1) is 31.9. The van der Waals surface area contributed by atoms with Crippen LogP contribution in [0.1, 0.15) is 0 Å². The number of benzene rings is 9. The summed E-state index contributed by atoms with van der Waals surface area (Å²) in [5, 5.41) is 11.8. The second-order valence-electron chi connectivity index (χ2n) is 16.0. The molecule has 14 aromatic rings. The average molecular weight is 766 g/mol. The number of rotatable bonds is 3. The largest absolute Gasteiger partial charge is 0.455 e. The van der Waals surface area contributed by atoms with Crippen LogP contribution in [0.25, 0.3) is 126 Å². The van der Waals surface area contributed by atoms with Gasteiger partial charge in [-0.1, -0.05) is 109 Å². The zero-order valence-electron chi connectivity index (χ0n) is 32.1. The fraction of sp³-hybridized carbons (Fsp3) is 0. The first-order valence-corrected chi connectivity index (χ1v) is 20.4. The number of hydrogen-bond donors (Lipinski definition) is 0. The summed E-state index contributed by atoms with van der Waals surface area (Å²) in [5.41, 5.74) is 12.6. The third-order valence-corrected chi connectivity index (χ3v) is 12.9. The Hall–Kier alpha value is -8.15. The summed E-state index contributed by atoms with van der Waals surface area (Å²) in [6.07, 6.45) is 0. The van der Waals surface area contributed by atoms with Gasteiger partial charge in [0.05, 0.1) is 33.1 Å². The summed E-state index contributed by atoms with van der Waals surface area (Å²) in [7, 11) is 0. The van der Waals surface area contributed by atoms with Crippen molar-refractivity contribution in [2.45, 2.75) is 0 Å². The molecule has 0 aliphatic rings. The molecule has 0 bridgehead atoms. The van der Waals surface area contributed by atoms with Crippen LogP contribution in [0.15, 0.2) is 197 Å². The van der Waals surface area contributed by atoms with Crippen molar-refractivity contribution < 1.29 is 4.42 Å². The zero-order chi connectivity index (χ0) is 39.2. The van der Waals surface area contributed by atoms with E-state index >= 15 is 0 Å². The Labute approximate surface area is 341 Å². The third kappa shape index (κ3) is 4.08. The number of pyridine rings is 1. The fourth-order valence-corrected chi connectivity index (χ4v) is 10.4. The molecule has 5 heterocycles. The molecule has 0 saturated heterocycles. The van der Waals surface area contributed by atoms with E-state index in [9.17, 15) is 4.79 Å². The maximum absolute atomic E-state index is 14.0. The smallest absolute Gasteiger partial charge is 0.263 e. The summed E-state index contributed by atoms with van der Waals surface area (Å²) in [6.45, 7) is 0. The number of hydrogen-bond acceptors (Lipinski definition) is 2. The molecule has 0 aliphatic carbocycles. The van der Waals surface area contributed by atoms with Gasteiger partial charge >= 0.3 is 0 Å². The number of para-hydroxylation sites is 5. The lowest BCUT2D eigenvalue weighted by Crippen LogP contribution is -2.12. The standard InChI is InChI=1S/C55H31N3O2/c59-55-41-19-5-4-15-36(41)45-27-32(28-46-39-18-8-11-24-49(39)58(55)53(45)46)35-20-12-21-40-44-29-34(25-26-52(44)60-54(35)40)57-48-23-10-7-17-38(48)43-30-50-42(31-51(43)57)37-16-6-9-22-47(37)56(50)33-13-2-1-3-14-33/h1-31H. The van der Waals surface area contributed by atoms with Crippen LogP contribution < -0.4 is 5.56 Å². The van der Waals surface area contributed by atoms with Crippen LogP contribution in [-0.2, 0) is 0 Å². The van der Waals surface area contributed by atoms with Crippen molar-refractivity contribution >= 4 is 104 Å². The van der Waals surface area contributed by atoms with E-state index in [0.29, 0.717) is 5.39 Å². The Balaban J connectivity index is 1.01. The molecule has 0 aliphatic heterocycles. The number of aromatic nitrogens is 3. The van der Waals surface area contributed by atoms with Gasteiger partial charge in [-0.05, 0) is 89.8 Å². The van der Waals surface area contributed by atoms with Gasteiger partial charge in [-0.3, -0.25) is 9.20 Å². The Morgan fingerprint density at radius 2 is 0.900 bits per heavy atom. The van der Waals surface area contributed by atoms with Crippen molar-refractivity contribution in [3.05, 3.63) is 198 Å². The van der Waals surface area contributed by atoms with Crippen molar-refractivity contribution in [1.29, 1.82) is 0 Å². The minimum Gasteiger partial charge on any atom is -0.455 e. The molecule has 0 amide bonds. The van der Waals surface area contributed by atoms with Gasteiger partial charge in [-0.15, -0.1) is 0 Å². The molecular formula is C55H31N3O2. The minimum atomic E-state index is 0.0128. The first-order chi connectivity index (χ1) is 29.7. The van der Waals surface area contributed by atoms with Crippen LogP contribution in [0.5, 0.6) is 0 Å². The second kappa shape index (κ2) is 11.5. The molecule has 0 saturated carbocycles. The Kier molecular flexibility index (Phi) is 6.11. The Morgan fingerprint density at radius 3 is 1.60 bits per heavy atom. The predicted octanol–water partition coefficient (Wildman–Crippen LogP) is 14.0. The van der Waals surface area contributed by atoms with Crippen molar-refractivity contribution in [2.75, 3.05) is 0 Å². The van der Waals surface area contributed by atoms with E-state index in [0.717, 1.165) is 88.1 Å². The van der Waals surface area contributed by atoms with E-state index in [1.54, 1.807) is 0 Å². The highest BCUT2D eigenvalue weighted by atomic mass is 16.3. The van der Waals surface area contributed by atoms with Gasteiger partial charge in [0.15, 0.2) is 0 Å². The van der Waals surface area contributed by atoms with E-state index in [-0.39, 0.29) is 5.56 Å². The maximum Gasteiger partial charge on any atom is 0.263 e. The van der Waals surface area contributed by atoms with Gasteiger partial charge < -0.3 is 13.6 Å². The molecular weight excluding hydrogens is 735 g/mol. The molecule has 14 rings (SSSR count). The zero-order valence-corrected chi connectivity index (χ0v) is 32.1. The van der Waals surface area contributed by atoms with Crippen molar-refractivity contribution in [3.8, 4) is 22.5 Å². The lowest BCUT2D eigenvalue weighted by molar-refractivity contribution is 0.670. The van der Waals surface area contributed by atoms with Gasteiger partial charge in [0, 0.05) is 70.8 Å². The highest BCUT2D eigenvalue weighted by Gasteiger charge is 2.22. The van der Waals surface area contributed by atoms with Crippen LogP contribution >= 0.6 is 0 Å². The summed E-state index contributed by atoms with van der Waals surface area (Å²) in [6, 6.07) is 66.6. The molecule has 5 heteroatoms. The van der Waals surface area contributed by atoms with Crippen molar-refractivity contribution in [2.24, 2.45) is 0 Å². The predicted molar refractivity (Wildman–Crippen MR) is 249 cm³/mol. The number of furan rings is 1. The maximum atomic E-state index is 14.0. The molecule has 0 unspecified atom stereocenters. The minimum absolute atomic E-state index is 0.0128. The third-order valence-electron chi connectivity index (χ3n) is 12.9. The SMILES string of the molecule is O=c1c2ccccc2c2cc(-c3cccc4c3oc3ccc(-n5c6ccccc6c6cc7c(cc65)c5ccccc5n7-c5ccccc5)cc34)cc3c4ccccc4n1c23. The highest BCUT2D eigenvalue weighted by molar-refractivity contribution is 6.23. The normalized spacial score (nSPS) is 12.4. The number of fused-ring (bicyclic) bond motifs is 14. The fourth-order valence-electron chi connectivity index (χ4n) is 10.4. The molecule has 5 aromatic heterocycles. The molecule has 0 N–H and O–H groups in total. The van der Waals surface area contributed by atoms with E-state index < -0.39 is 0 Å². The Morgan fingerprint density at radius 1 is 0.350 bits per heavy atom. The monoisotopic (exact) mass is 765 g/mol. The first-order valence-electron chi connectivity index (χ1n) is 20.4. The molecule has 0 atom stereocenters. The molecule has 0 spiro atoms. The number of nitrogens with zero attached hydrogens (tertiary/aromatic N) is 3. The van der Waals surface area contributed by atoms with E-state index in [1.807, 2.05) is 40.8 Å². The lowest BCUT2D eigenvalue weighted by Gasteiger charge is -2.10. The van der Waals surface area contributed by atoms with Gasteiger partial charge in [0.1, 0.15) is 11.2 Å². The van der Waals surface area contributed by atoms with Gasteiger partial charge in [-0.25, -0.2) is 0 Å². The van der Waals surface area contributed by atoms with E-state index in [4.69, 9.17) is 4.42 Å². The van der Waals surface area contributed by atoms with Gasteiger partial charge in [0.25, 0.3) is 5.56 Å². The molecule has 5 nitrogen and oxygen atoms in total. The molecule has 0 fully saturated rings. The summed E-state index contributed by atoms with van der Waals surface area (Å²) < 4.78 is 13.5. The quantitative estimate of drug-likeness (QED) is 0.168. The van der Waals surface area contributed by atoms with Gasteiger partial charge in [-0.2, -0.15) is 0 Å². The van der Waals surface area contributed by atoms with Crippen LogP contribution in [0.4, 0.5) is 0 Å². The van der Waals surface area contributed by atoms with Crippen LogP contribution in [0, 0.1) is 0 Å². The molecule has 278 valence electrons. The molecule has 60 heavy (non-hydrogen) atoms. The summed E-state index contributed by atoms with van der Waals surface area (Å²) in [5.74, 6) is 0. The topological polar surface area (TPSA) is 44.5 Å². The average Bonchev–Trinajstić information content (AvgIpc) is 4.04. The van der Waals surface area contributed by atoms with E-state index in [2.05, 4.69) is 161 Å². The Bertz CT molecular complexity index is 4200. The summed E-state index contributed by atoms with van der Waals surface area (Å²) >= 11 is 0. The second-order valence-corrected chi connectivity index (χ2v) is 16.0. The van der Waals surface area contributed by atoms with Crippen LogP contribution in [0.2, 0.25) is 0 Å². The van der Waals surface area contributed by atoms with E-state index in [1.165, 1.54) is 32.6 Å². The summed E-state index contributed by atoms with van der Waals surface area (Å²) in [4.78, 5) is 14.0. The van der Waals surface area contributed by atoms with Gasteiger partial charge in [0.2, 0.25) is 0 Å². The lowest BCUT2D eigenvalue weighted by atomic mass is 9.96. The van der Waals surface area contributed by atoms with Crippen molar-refractivity contribution in [1.82, 2.24) is 13.5 Å². The molecule has 9 aromatic carbocycles. The molecule has 0 radical (unpaired) electrons. The van der Waals surface area contributed by atoms with Crippen molar-refractivity contribution in [3.63, 3.8) is 0 Å². The highest BCUT2D eigenvalue weighted by Crippen LogP contribution is 2.44. The van der Waals surface area contributed by atoms with Crippen LogP contribution in [-0.4, -0.2) is 13.5 Å².